The maximum absolute atomic E-state index is 6.41. The molecule has 4 heteroatoms. The Morgan fingerprint density at radius 3 is 2.07 bits per heavy atom. The highest BCUT2D eigenvalue weighted by molar-refractivity contribution is 7.25. The number of aromatic nitrogens is 1. The van der Waals surface area contributed by atoms with Gasteiger partial charge in [-0.05, 0) is 112 Å². The zero-order valence-corrected chi connectivity index (χ0v) is 30.7. The highest BCUT2D eigenvalue weighted by atomic mass is 32.1. The smallest absolute Gasteiger partial charge is 0.227 e. The summed E-state index contributed by atoms with van der Waals surface area (Å²) in [5, 5.41) is 4.77. The lowest BCUT2D eigenvalue weighted by molar-refractivity contribution is 0.623. The summed E-state index contributed by atoms with van der Waals surface area (Å²) in [5.74, 6) is 0.639. The lowest BCUT2D eigenvalue weighted by atomic mass is 9.82. The zero-order chi connectivity index (χ0) is 36.0. The van der Waals surface area contributed by atoms with E-state index in [9.17, 15) is 0 Å². The van der Waals surface area contributed by atoms with Crippen LogP contribution in [0.25, 0.3) is 75.8 Å². The van der Waals surface area contributed by atoms with Crippen LogP contribution in [0.5, 0.6) is 0 Å². The Hall–Kier alpha value is -6.49. The minimum Gasteiger partial charge on any atom is -0.435 e. The molecule has 0 bridgehead atoms. The van der Waals surface area contributed by atoms with Crippen molar-refractivity contribution in [1.29, 1.82) is 0 Å². The van der Waals surface area contributed by atoms with Gasteiger partial charge in [-0.3, -0.25) is 0 Å². The van der Waals surface area contributed by atoms with E-state index >= 15 is 0 Å². The third-order valence-corrected chi connectivity index (χ3v) is 12.4. The number of nitrogens with zero attached hydrogens (tertiary/aromatic N) is 2. The summed E-state index contributed by atoms with van der Waals surface area (Å²) in [7, 11) is 0. The van der Waals surface area contributed by atoms with Gasteiger partial charge < -0.3 is 9.32 Å². The third-order valence-electron chi connectivity index (χ3n) is 11.3. The molecule has 10 aromatic rings. The van der Waals surface area contributed by atoms with Crippen molar-refractivity contribution in [1.82, 2.24) is 4.98 Å². The zero-order valence-electron chi connectivity index (χ0n) is 29.9. The lowest BCUT2D eigenvalue weighted by Gasteiger charge is -2.27. The number of fused-ring (bicyclic) bond motifs is 9. The van der Waals surface area contributed by atoms with E-state index in [0.717, 1.165) is 55.6 Å². The average molecular weight is 711 g/mol. The summed E-state index contributed by atoms with van der Waals surface area (Å²) in [6, 6.07) is 61.4. The van der Waals surface area contributed by atoms with E-state index in [1.807, 2.05) is 47.7 Å². The number of hydrogen-bond acceptors (Lipinski definition) is 4. The molecule has 1 aliphatic carbocycles. The second kappa shape index (κ2) is 11.8. The van der Waals surface area contributed by atoms with Crippen LogP contribution in [0.15, 0.2) is 174 Å². The number of benzene rings is 8. The molecule has 8 aromatic carbocycles. The Morgan fingerprint density at radius 2 is 1.19 bits per heavy atom. The van der Waals surface area contributed by atoms with Crippen molar-refractivity contribution in [3.05, 3.63) is 181 Å². The number of rotatable bonds is 5. The van der Waals surface area contributed by atoms with Gasteiger partial charge in [-0.2, -0.15) is 0 Å². The molecule has 0 fully saturated rings. The number of oxazole rings is 1. The minimum absolute atomic E-state index is 0.0499. The largest absolute Gasteiger partial charge is 0.435 e. The summed E-state index contributed by atoms with van der Waals surface area (Å²) in [4.78, 5) is 7.24. The second-order valence-corrected chi connectivity index (χ2v) is 15.9. The van der Waals surface area contributed by atoms with Gasteiger partial charge in [0.25, 0.3) is 0 Å². The van der Waals surface area contributed by atoms with Crippen molar-refractivity contribution in [3.8, 4) is 33.7 Å². The van der Waals surface area contributed by atoms with Crippen molar-refractivity contribution in [2.75, 3.05) is 4.90 Å². The molecule has 0 spiro atoms. The highest BCUT2D eigenvalue weighted by Crippen LogP contribution is 2.51. The van der Waals surface area contributed by atoms with E-state index in [4.69, 9.17) is 9.40 Å². The molecule has 2 heterocycles. The van der Waals surface area contributed by atoms with E-state index in [-0.39, 0.29) is 5.41 Å². The van der Waals surface area contributed by atoms with E-state index in [1.165, 1.54) is 42.4 Å². The maximum atomic E-state index is 6.41. The summed E-state index contributed by atoms with van der Waals surface area (Å²) in [6.07, 6.45) is 0. The van der Waals surface area contributed by atoms with Gasteiger partial charge in [0, 0.05) is 53.6 Å². The molecule has 0 radical (unpaired) electrons. The van der Waals surface area contributed by atoms with Gasteiger partial charge in [0.05, 0.1) is 0 Å². The fraction of sp³-hybridized carbons (Fsp3) is 0.0600. The van der Waals surface area contributed by atoms with Gasteiger partial charge >= 0.3 is 0 Å². The predicted molar refractivity (Wildman–Crippen MR) is 228 cm³/mol. The topological polar surface area (TPSA) is 29.3 Å². The molecule has 0 saturated heterocycles. The van der Waals surface area contributed by atoms with Crippen LogP contribution in [0.4, 0.5) is 17.1 Å². The molecule has 0 amide bonds. The third kappa shape index (κ3) is 4.77. The predicted octanol–water partition coefficient (Wildman–Crippen LogP) is 14.5. The Labute approximate surface area is 317 Å². The average Bonchev–Trinajstić information content (AvgIpc) is 3.89. The molecule has 11 rings (SSSR count). The summed E-state index contributed by atoms with van der Waals surface area (Å²) >= 11 is 1.85. The standard InChI is InChI=1S/C50H34N2OS/c1-50(2)43-14-8-6-12-38(43)41-29-36(23-25-44(41)50)52(37-24-27-47-42(30-37)39-13-7-9-15-46(39)54-47)35-21-18-31(19-22-35)34-17-16-32-20-26-45-48(40(32)28-34)53-49(51-45)33-10-4-3-5-11-33/h3-30H,1-2H3. The van der Waals surface area contributed by atoms with Crippen molar-refractivity contribution in [3.63, 3.8) is 0 Å². The van der Waals surface area contributed by atoms with Crippen LogP contribution in [-0.4, -0.2) is 4.98 Å². The molecular formula is C50H34N2OS. The molecule has 2 aromatic heterocycles. The fourth-order valence-corrected chi connectivity index (χ4v) is 9.63. The molecule has 0 atom stereocenters. The molecule has 1 aliphatic rings. The number of anilines is 3. The van der Waals surface area contributed by atoms with Gasteiger partial charge in [-0.15, -0.1) is 11.3 Å². The monoisotopic (exact) mass is 710 g/mol. The van der Waals surface area contributed by atoms with E-state index < -0.39 is 0 Å². The van der Waals surface area contributed by atoms with Crippen molar-refractivity contribution < 1.29 is 4.42 Å². The van der Waals surface area contributed by atoms with Gasteiger partial charge in [-0.25, -0.2) is 4.98 Å². The van der Waals surface area contributed by atoms with Crippen molar-refractivity contribution >= 4 is 70.4 Å². The fourth-order valence-electron chi connectivity index (χ4n) is 8.54. The van der Waals surface area contributed by atoms with Crippen LogP contribution in [0, 0.1) is 0 Å². The molecular weight excluding hydrogens is 677 g/mol. The Morgan fingerprint density at radius 1 is 0.500 bits per heavy atom. The SMILES string of the molecule is CC1(C)c2ccccc2-c2cc(N(c3ccc(-c4ccc5ccc6nc(-c7ccccc7)oc6c5c4)cc3)c3ccc4sc5ccccc5c4c3)ccc21. The van der Waals surface area contributed by atoms with Crippen LogP contribution < -0.4 is 4.90 Å². The first-order chi connectivity index (χ1) is 26.5. The van der Waals surface area contributed by atoms with Gasteiger partial charge in [0.15, 0.2) is 5.58 Å². The molecule has 0 saturated carbocycles. The molecule has 0 unspecified atom stereocenters. The van der Waals surface area contributed by atoms with Crippen LogP contribution in [0.2, 0.25) is 0 Å². The van der Waals surface area contributed by atoms with Crippen molar-refractivity contribution in [2.24, 2.45) is 0 Å². The Balaban J connectivity index is 1.04. The van der Waals surface area contributed by atoms with Crippen molar-refractivity contribution in [2.45, 2.75) is 19.3 Å². The van der Waals surface area contributed by atoms with Gasteiger partial charge in [0.1, 0.15) is 5.52 Å². The molecule has 0 aliphatic heterocycles. The van der Waals surface area contributed by atoms with Crippen LogP contribution >= 0.6 is 11.3 Å². The molecule has 54 heavy (non-hydrogen) atoms. The number of hydrogen-bond donors (Lipinski definition) is 0. The van der Waals surface area contributed by atoms with Crippen LogP contribution in [0.3, 0.4) is 0 Å². The van der Waals surface area contributed by atoms with Gasteiger partial charge in [-0.1, -0.05) is 111 Å². The summed E-state index contributed by atoms with van der Waals surface area (Å²) in [6.45, 7) is 4.68. The Bertz CT molecular complexity index is 3080. The highest BCUT2D eigenvalue weighted by Gasteiger charge is 2.35. The Kier molecular flexibility index (Phi) is 6.77. The summed E-state index contributed by atoms with van der Waals surface area (Å²) in [5.41, 5.74) is 13.6. The number of thiophene rings is 1. The first-order valence-electron chi connectivity index (χ1n) is 18.4. The normalized spacial score (nSPS) is 13.1. The molecule has 0 N–H and O–H groups in total. The maximum Gasteiger partial charge on any atom is 0.227 e. The van der Waals surface area contributed by atoms with Crippen LogP contribution in [-0.2, 0) is 5.41 Å². The van der Waals surface area contributed by atoms with E-state index in [2.05, 4.69) is 152 Å². The molecule has 3 nitrogen and oxygen atoms in total. The van der Waals surface area contributed by atoms with Crippen LogP contribution in [0.1, 0.15) is 25.0 Å². The van der Waals surface area contributed by atoms with Gasteiger partial charge in [0.2, 0.25) is 5.89 Å². The van der Waals surface area contributed by atoms with E-state index in [0.29, 0.717) is 5.89 Å². The molecule has 256 valence electrons. The first-order valence-corrected chi connectivity index (χ1v) is 19.3. The lowest BCUT2D eigenvalue weighted by Crippen LogP contribution is -2.15. The first kappa shape index (κ1) is 31.1. The second-order valence-electron chi connectivity index (χ2n) is 14.8. The minimum atomic E-state index is -0.0499. The summed E-state index contributed by atoms with van der Waals surface area (Å²) < 4.78 is 9.02. The quantitative estimate of drug-likeness (QED) is 0.178. The van der Waals surface area contributed by atoms with E-state index in [1.54, 1.807) is 0 Å².